The first-order chi connectivity index (χ1) is 12.0. The van der Waals surface area contributed by atoms with Crippen LogP contribution in [0, 0.1) is 0 Å². The van der Waals surface area contributed by atoms with Gasteiger partial charge in [0, 0.05) is 31.9 Å². The number of para-hydroxylation sites is 1. The van der Waals surface area contributed by atoms with Crippen molar-refractivity contribution in [2.75, 3.05) is 37.9 Å². The Kier molecular flexibility index (Phi) is 6.95. The minimum absolute atomic E-state index is 0.213. The fourth-order valence-electron chi connectivity index (χ4n) is 2.50. The molecule has 3 N–H and O–H groups in total. The van der Waals surface area contributed by atoms with E-state index in [1.165, 1.54) is 18.9 Å². The number of benzene rings is 2. The van der Waals surface area contributed by atoms with Crippen LogP contribution in [0.4, 0.5) is 11.4 Å². The molecule has 0 unspecified atom stereocenters. The standard InChI is InChI=1S/C19H24ClN3O2/c1-23(14-8-4-3-5-9-14)11-7-6-10-22-19(24)15-12-16(20)17(21)13-18(15)25-2/h3-5,8-9,12-13H,6-7,10-11,21H2,1-2H3,(H,22,24). The zero-order chi connectivity index (χ0) is 18.2. The third kappa shape index (κ3) is 5.29. The topological polar surface area (TPSA) is 67.6 Å². The quantitative estimate of drug-likeness (QED) is 0.557. The normalized spacial score (nSPS) is 10.4. The van der Waals surface area contributed by atoms with Gasteiger partial charge in [0.15, 0.2) is 0 Å². The number of nitrogen functional groups attached to an aromatic ring is 1. The summed E-state index contributed by atoms with van der Waals surface area (Å²) in [6.07, 6.45) is 1.86. The highest BCUT2D eigenvalue weighted by atomic mass is 35.5. The van der Waals surface area contributed by atoms with E-state index in [2.05, 4.69) is 29.4 Å². The summed E-state index contributed by atoms with van der Waals surface area (Å²) in [7, 11) is 3.56. The zero-order valence-corrected chi connectivity index (χ0v) is 15.3. The molecule has 0 saturated heterocycles. The molecule has 0 saturated carbocycles. The summed E-state index contributed by atoms with van der Waals surface area (Å²) in [5.74, 6) is 0.207. The van der Waals surface area contributed by atoms with E-state index < -0.39 is 0 Å². The highest BCUT2D eigenvalue weighted by Crippen LogP contribution is 2.28. The van der Waals surface area contributed by atoms with Crippen molar-refractivity contribution in [1.82, 2.24) is 5.32 Å². The van der Waals surface area contributed by atoms with Gasteiger partial charge in [0.1, 0.15) is 5.75 Å². The average Bonchev–Trinajstić information content (AvgIpc) is 2.63. The molecule has 0 aromatic heterocycles. The second-order valence-corrected chi connectivity index (χ2v) is 6.20. The lowest BCUT2D eigenvalue weighted by Crippen LogP contribution is -2.26. The molecule has 0 atom stereocenters. The molecular weight excluding hydrogens is 338 g/mol. The van der Waals surface area contributed by atoms with Gasteiger partial charge in [0.05, 0.1) is 23.4 Å². The Morgan fingerprint density at radius 3 is 2.64 bits per heavy atom. The number of unbranched alkanes of at least 4 members (excludes halogenated alkanes) is 1. The van der Waals surface area contributed by atoms with E-state index in [0.717, 1.165) is 19.4 Å². The van der Waals surface area contributed by atoms with Gasteiger partial charge in [-0.05, 0) is 31.0 Å². The molecule has 0 bridgehead atoms. The molecule has 0 aliphatic rings. The summed E-state index contributed by atoms with van der Waals surface area (Å²) in [4.78, 5) is 14.5. The number of ether oxygens (including phenoxy) is 1. The number of hydrogen-bond acceptors (Lipinski definition) is 4. The van der Waals surface area contributed by atoms with Crippen LogP contribution in [0.5, 0.6) is 5.75 Å². The van der Waals surface area contributed by atoms with Crippen molar-refractivity contribution in [2.24, 2.45) is 0 Å². The molecule has 0 spiro atoms. The summed E-state index contributed by atoms with van der Waals surface area (Å²) < 4.78 is 5.20. The van der Waals surface area contributed by atoms with E-state index in [4.69, 9.17) is 22.1 Å². The van der Waals surface area contributed by atoms with Crippen LogP contribution in [0.2, 0.25) is 5.02 Å². The molecule has 0 heterocycles. The summed E-state index contributed by atoms with van der Waals surface area (Å²) in [5.41, 5.74) is 7.70. The van der Waals surface area contributed by atoms with Gasteiger partial charge in [-0.15, -0.1) is 0 Å². The lowest BCUT2D eigenvalue weighted by atomic mass is 10.1. The first kappa shape index (κ1) is 18.9. The molecule has 1 amide bonds. The Balaban J connectivity index is 1.78. The Morgan fingerprint density at radius 1 is 1.24 bits per heavy atom. The number of hydrogen-bond donors (Lipinski definition) is 2. The van der Waals surface area contributed by atoms with Crippen LogP contribution in [0.15, 0.2) is 42.5 Å². The molecule has 0 radical (unpaired) electrons. The van der Waals surface area contributed by atoms with Crippen molar-refractivity contribution in [1.29, 1.82) is 0 Å². The number of anilines is 2. The van der Waals surface area contributed by atoms with Crippen molar-refractivity contribution in [3.8, 4) is 5.75 Å². The monoisotopic (exact) mass is 361 g/mol. The maximum atomic E-state index is 12.3. The van der Waals surface area contributed by atoms with Gasteiger partial charge in [-0.2, -0.15) is 0 Å². The largest absolute Gasteiger partial charge is 0.496 e. The van der Waals surface area contributed by atoms with Crippen LogP contribution in [-0.4, -0.2) is 33.2 Å². The molecule has 5 nitrogen and oxygen atoms in total. The average molecular weight is 362 g/mol. The van der Waals surface area contributed by atoms with Gasteiger partial charge < -0.3 is 20.7 Å². The number of amides is 1. The van der Waals surface area contributed by atoms with Crippen LogP contribution in [0.3, 0.4) is 0 Å². The van der Waals surface area contributed by atoms with E-state index in [1.54, 1.807) is 6.07 Å². The molecule has 2 aromatic carbocycles. The number of carbonyl (C=O) groups excluding carboxylic acids is 1. The molecule has 134 valence electrons. The van der Waals surface area contributed by atoms with Crippen LogP contribution in [0.1, 0.15) is 23.2 Å². The first-order valence-corrected chi connectivity index (χ1v) is 8.58. The predicted molar refractivity (Wildman–Crippen MR) is 104 cm³/mol. The number of nitrogens with one attached hydrogen (secondary N) is 1. The Hall–Kier alpha value is -2.40. The van der Waals surface area contributed by atoms with Crippen molar-refractivity contribution in [3.63, 3.8) is 0 Å². The Labute approximate surface area is 153 Å². The number of methoxy groups -OCH3 is 1. The summed E-state index contributed by atoms with van der Waals surface area (Å²) in [5, 5.41) is 3.24. The molecule has 2 aromatic rings. The third-order valence-electron chi connectivity index (χ3n) is 3.97. The molecule has 0 aliphatic carbocycles. The minimum Gasteiger partial charge on any atom is -0.496 e. The zero-order valence-electron chi connectivity index (χ0n) is 14.6. The minimum atomic E-state index is -0.213. The molecule has 0 fully saturated rings. The summed E-state index contributed by atoms with van der Waals surface area (Å²) in [6, 6.07) is 13.3. The van der Waals surface area contributed by atoms with E-state index in [0.29, 0.717) is 28.6 Å². The van der Waals surface area contributed by atoms with Crippen molar-refractivity contribution < 1.29 is 9.53 Å². The van der Waals surface area contributed by atoms with Gasteiger partial charge in [0.2, 0.25) is 0 Å². The fraction of sp³-hybridized carbons (Fsp3) is 0.316. The summed E-state index contributed by atoms with van der Waals surface area (Å²) >= 11 is 6.00. The molecule has 2 rings (SSSR count). The van der Waals surface area contributed by atoms with Crippen molar-refractivity contribution in [2.45, 2.75) is 12.8 Å². The smallest absolute Gasteiger partial charge is 0.255 e. The first-order valence-electron chi connectivity index (χ1n) is 8.20. The molecule has 0 aliphatic heterocycles. The van der Waals surface area contributed by atoms with Crippen LogP contribution < -0.4 is 20.7 Å². The number of nitrogens with two attached hydrogens (primary N) is 1. The third-order valence-corrected chi connectivity index (χ3v) is 4.29. The predicted octanol–water partition coefficient (Wildman–Crippen LogP) is 3.58. The van der Waals surface area contributed by atoms with Crippen LogP contribution >= 0.6 is 11.6 Å². The number of halogens is 1. The van der Waals surface area contributed by atoms with Crippen molar-refractivity contribution in [3.05, 3.63) is 53.1 Å². The van der Waals surface area contributed by atoms with Gasteiger partial charge >= 0.3 is 0 Å². The van der Waals surface area contributed by atoms with Gasteiger partial charge in [0.25, 0.3) is 5.91 Å². The van der Waals surface area contributed by atoms with E-state index >= 15 is 0 Å². The maximum Gasteiger partial charge on any atom is 0.255 e. The van der Waals surface area contributed by atoms with E-state index in [9.17, 15) is 4.79 Å². The van der Waals surface area contributed by atoms with Gasteiger partial charge in [-0.1, -0.05) is 29.8 Å². The maximum absolute atomic E-state index is 12.3. The van der Waals surface area contributed by atoms with Gasteiger partial charge in [-0.25, -0.2) is 0 Å². The fourth-order valence-corrected chi connectivity index (χ4v) is 2.66. The second kappa shape index (κ2) is 9.18. The molecule has 25 heavy (non-hydrogen) atoms. The number of rotatable bonds is 8. The summed E-state index contributed by atoms with van der Waals surface area (Å²) in [6.45, 7) is 1.52. The second-order valence-electron chi connectivity index (χ2n) is 5.79. The number of carbonyl (C=O) groups is 1. The van der Waals surface area contributed by atoms with E-state index in [-0.39, 0.29) is 5.91 Å². The van der Waals surface area contributed by atoms with E-state index in [1.807, 2.05) is 18.2 Å². The number of nitrogens with zero attached hydrogens (tertiary/aromatic N) is 1. The Bertz CT molecular complexity index is 707. The Morgan fingerprint density at radius 2 is 1.96 bits per heavy atom. The highest BCUT2D eigenvalue weighted by Gasteiger charge is 2.14. The van der Waals surface area contributed by atoms with Crippen LogP contribution in [-0.2, 0) is 0 Å². The van der Waals surface area contributed by atoms with Crippen LogP contribution in [0.25, 0.3) is 0 Å². The lowest BCUT2D eigenvalue weighted by molar-refractivity contribution is 0.0950. The van der Waals surface area contributed by atoms with Gasteiger partial charge in [-0.3, -0.25) is 4.79 Å². The molecule has 6 heteroatoms. The SMILES string of the molecule is COc1cc(N)c(Cl)cc1C(=O)NCCCCN(C)c1ccccc1. The van der Waals surface area contributed by atoms with Crippen molar-refractivity contribution >= 4 is 28.9 Å². The highest BCUT2D eigenvalue weighted by molar-refractivity contribution is 6.33. The molecular formula is C19H24ClN3O2. The lowest BCUT2D eigenvalue weighted by Gasteiger charge is -2.19.